The SMILES string of the molecule is CC(C)N1CC(C(=O)Cc2cc3cc(-c4cnn(C)c4)ccc3cn2)C1. The minimum absolute atomic E-state index is 0.164. The highest BCUT2D eigenvalue weighted by Gasteiger charge is 2.33. The maximum Gasteiger partial charge on any atom is 0.144 e. The van der Waals surface area contributed by atoms with E-state index in [-0.39, 0.29) is 5.92 Å². The van der Waals surface area contributed by atoms with Crippen LogP contribution in [0.25, 0.3) is 21.9 Å². The summed E-state index contributed by atoms with van der Waals surface area (Å²) in [6.45, 7) is 6.11. The summed E-state index contributed by atoms with van der Waals surface area (Å²) in [7, 11) is 1.92. The number of aromatic nitrogens is 3. The standard InChI is InChI=1S/C21H24N4O/c1-14(2)25-12-19(13-25)21(26)8-20-7-17-6-15(4-5-16(17)9-22-20)18-10-23-24(3)11-18/h4-7,9-11,14,19H,8,12-13H2,1-3H3. The first-order valence-corrected chi connectivity index (χ1v) is 9.14. The van der Waals surface area contributed by atoms with Gasteiger partial charge in [-0.3, -0.25) is 19.4 Å². The summed E-state index contributed by atoms with van der Waals surface area (Å²) >= 11 is 0. The number of carbonyl (C=O) groups excluding carboxylic acids is 1. The molecule has 26 heavy (non-hydrogen) atoms. The topological polar surface area (TPSA) is 51.0 Å². The predicted octanol–water partition coefficient (Wildman–Crippen LogP) is 3.09. The number of Topliss-reactive ketones (excluding diaryl/α,β-unsaturated/α-hetero) is 1. The Morgan fingerprint density at radius 2 is 1.96 bits per heavy atom. The minimum Gasteiger partial charge on any atom is -0.299 e. The lowest BCUT2D eigenvalue weighted by atomic mass is 9.91. The molecule has 0 N–H and O–H groups in total. The lowest BCUT2D eigenvalue weighted by Crippen LogP contribution is -2.53. The fraction of sp³-hybridized carbons (Fsp3) is 0.381. The van der Waals surface area contributed by atoms with Crippen molar-refractivity contribution in [3.05, 3.63) is 48.5 Å². The van der Waals surface area contributed by atoms with Crippen molar-refractivity contribution < 1.29 is 4.79 Å². The van der Waals surface area contributed by atoms with Gasteiger partial charge in [0.2, 0.25) is 0 Å². The Bertz CT molecular complexity index is 954. The zero-order valence-corrected chi connectivity index (χ0v) is 15.5. The summed E-state index contributed by atoms with van der Waals surface area (Å²) < 4.78 is 1.80. The third kappa shape index (κ3) is 3.27. The van der Waals surface area contributed by atoms with Crippen LogP contribution in [0.3, 0.4) is 0 Å². The molecule has 0 bridgehead atoms. The highest BCUT2D eigenvalue weighted by Crippen LogP contribution is 2.25. The van der Waals surface area contributed by atoms with Gasteiger partial charge in [-0.1, -0.05) is 12.1 Å². The van der Waals surface area contributed by atoms with Crippen molar-refractivity contribution in [2.75, 3.05) is 13.1 Å². The van der Waals surface area contributed by atoms with Crippen molar-refractivity contribution in [2.45, 2.75) is 26.3 Å². The molecule has 0 saturated carbocycles. The summed E-state index contributed by atoms with van der Waals surface area (Å²) in [5, 5.41) is 6.44. The van der Waals surface area contributed by atoms with Crippen molar-refractivity contribution in [1.82, 2.24) is 19.7 Å². The molecule has 4 rings (SSSR count). The summed E-state index contributed by atoms with van der Waals surface area (Å²) in [5.41, 5.74) is 3.07. The number of likely N-dealkylation sites (tertiary alicyclic amines) is 1. The van der Waals surface area contributed by atoms with Gasteiger partial charge in [-0.15, -0.1) is 0 Å². The molecule has 2 aromatic heterocycles. The van der Waals surface area contributed by atoms with Crippen molar-refractivity contribution in [2.24, 2.45) is 13.0 Å². The zero-order chi connectivity index (χ0) is 18.3. The number of rotatable bonds is 5. The molecule has 0 unspecified atom stereocenters. The number of carbonyl (C=O) groups is 1. The van der Waals surface area contributed by atoms with Gasteiger partial charge in [0.15, 0.2) is 0 Å². The molecule has 134 valence electrons. The van der Waals surface area contributed by atoms with Gasteiger partial charge in [0, 0.05) is 67.6 Å². The van der Waals surface area contributed by atoms with Crippen LogP contribution in [-0.2, 0) is 18.3 Å². The van der Waals surface area contributed by atoms with E-state index in [2.05, 4.69) is 47.0 Å². The van der Waals surface area contributed by atoms with Gasteiger partial charge in [-0.25, -0.2) is 0 Å². The van der Waals surface area contributed by atoms with E-state index in [1.165, 1.54) is 0 Å². The van der Waals surface area contributed by atoms with E-state index < -0.39 is 0 Å². The zero-order valence-electron chi connectivity index (χ0n) is 15.5. The van der Waals surface area contributed by atoms with Gasteiger partial charge in [0.1, 0.15) is 5.78 Å². The van der Waals surface area contributed by atoms with Crippen molar-refractivity contribution in [1.29, 1.82) is 0 Å². The van der Waals surface area contributed by atoms with E-state index in [9.17, 15) is 4.79 Å². The summed E-state index contributed by atoms with van der Waals surface area (Å²) in [4.78, 5) is 19.3. The van der Waals surface area contributed by atoms with Gasteiger partial charge in [0.25, 0.3) is 0 Å². The fourth-order valence-corrected chi connectivity index (χ4v) is 3.49. The van der Waals surface area contributed by atoms with E-state index in [1.54, 1.807) is 4.68 Å². The van der Waals surface area contributed by atoms with Crippen LogP contribution in [0.2, 0.25) is 0 Å². The van der Waals surface area contributed by atoms with Crippen molar-refractivity contribution >= 4 is 16.6 Å². The first kappa shape index (κ1) is 16.9. The number of benzene rings is 1. The van der Waals surface area contributed by atoms with Crippen LogP contribution in [0.15, 0.2) is 42.9 Å². The van der Waals surface area contributed by atoms with E-state index >= 15 is 0 Å². The third-order valence-corrected chi connectivity index (χ3v) is 5.27. The van der Waals surface area contributed by atoms with Crippen molar-refractivity contribution in [3.8, 4) is 11.1 Å². The highest BCUT2D eigenvalue weighted by atomic mass is 16.1. The molecule has 0 spiro atoms. The Hall–Kier alpha value is -2.53. The van der Waals surface area contributed by atoms with E-state index in [4.69, 9.17) is 0 Å². The molecule has 1 aromatic carbocycles. The van der Waals surface area contributed by atoms with Crippen LogP contribution in [0.4, 0.5) is 0 Å². The van der Waals surface area contributed by atoms with Crippen molar-refractivity contribution in [3.63, 3.8) is 0 Å². The molecule has 3 heterocycles. The molecule has 0 atom stereocenters. The number of ketones is 1. The summed E-state index contributed by atoms with van der Waals surface area (Å²) in [6.07, 6.45) is 6.16. The van der Waals surface area contributed by atoms with Crippen LogP contribution < -0.4 is 0 Å². The second-order valence-electron chi connectivity index (χ2n) is 7.53. The number of hydrogen-bond acceptors (Lipinski definition) is 4. The molecule has 0 aliphatic carbocycles. The number of aryl methyl sites for hydroxylation is 1. The maximum absolute atomic E-state index is 12.5. The minimum atomic E-state index is 0.164. The molecular weight excluding hydrogens is 324 g/mol. The average molecular weight is 348 g/mol. The smallest absolute Gasteiger partial charge is 0.144 e. The molecule has 1 fully saturated rings. The van der Waals surface area contributed by atoms with Gasteiger partial charge < -0.3 is 0 Å². The number of nitrogens with zero attached hydrogens (tertiary/aromatic N) is 4. The Morgan fingerprint density at radius 3 is 2.65 bits per heavy atom. The summed E-state index contributed by atoms with van der Waals surface area (Å²) in [6, 6.07) is 8.87. The van der Waals surface area contributed by atoms with Crippen LogP contribution in [-0.4, -0.2) is 44.6 Å². The van der Waals surface area contributed by atoms with E-state index in [1.807, 2.05) is 31.7 Å². The summed E-state index contributed by atoms with van der Waals surface area (Å²) in [5.74, 6) is 0.466. The van der Waals surface area contributed by atoms with E-state index in [0.717, 1.165) is 40.7 Å². The number of hydrogen-bond donors (Lipinski definition) is 0. The van der Waals surface area contributed by atoms with Crippen LogP contribution >= 0.6 is 0 Å². The van der Waals surface area contributed by atoms with E-state index in [0.29, 0.717) is 18.2 Å². The van der Waals surface area contributed by atoms with Gasteiger partial charge in [-0.05, 0) is 36.9 Å². The molecular formula is C21H24N4O. The molecule has 3 aromatic rings. The molecule has 1 aliphatic heterocycles. The first-order chi connectivity index (χ1) is 12.5. The average Bonchev–Trinajstić information content (AvgIpc) is 2.99. The maximum atomic E-state index is 12.5. The van der Waals surface area contributed by atoms with Crippen LogP contribution in [0.1, 0.15) is 19.5 Å². The Morgan fingerprint density at radius 1 is 1.15 bits per heavy atom. The lowest BCUT2D eigenvalue weighted by Gasteiger charge is -2.41. The van der Waals surface area contributed by atoms with Gasteiger partial charge in [-0.2, -0.15) is 5.10 Å². The molecule has 1 saturated heterocycles. The molecule has 1 aliphatic rings. The monoisotopic (exact) mass is 348 g/mol. The molecule has 5 nitrogen and oxygen atoms in total. The van der Waals surface area contributed by atoms with Crippen LogP contribution in [0.5, 0.6) is 0 Å². The fourth-order valence-electron chi connectivity index (χ4n) is 3.49. The number of pyridine rings is 1. The second-order valence-corrected chi connectivity index (χ2v) is 7.53. The Balaban J connectivity index is 1.52. The quantitative estimate of drug-likeness (QED) is 0.711. The van der Waals surface area contributed by atoms with Gasteiger partial charge >= 0.3 is 0 Å². The first-order valence-electron chi connectivity index (χ1n) is 9.14. The highest BCUT2D eigenvalue weighted by molar-refractivity contribution is 5.89. The molecule has 5 heteroatoms. The lowest BCUT2D eigenvalue weighted by molar-refractivity contribution is -0.128. The molecule has 0 radical (unpaired) electrons. The van der Waals surface area contributed by atoms with Crippen LogP contribution in [0, 0.1) is 5.92 Å². The Kier molecular flexibility index (Phi) is 4.32. The predicted molar refractivity (Wildman–Crippen MR) is 103 cm³/mol. The Labute approximate surface area is 153 Å². The normalized spacial score (nSPS) is 15.5. The second kappa shape index (κ2) is 6.65. The van der Waals surface area contributed by atoms with Gasteiger partial charge in [0.05, 0.1) is 6.20 Å². The number of fused-ring (bicyclic) bond motifs is 1. The largest absolute Gasteiger partial charge is 0.299 e. The third-order valence-electron chi connectivity index (χ3n) is 5.27. The molecule has 0 amide bonds.